The molecule has 0 aromatic carbocycles. The quantitative estimate of drug-likeness (QED) is 0.809. The lowest BCUT2D eigenvalue weighted by Gasteiger charge is -2.25. The normalized spacial score (nSPS) is 19.6. The molecular formula is C11H15ClN2. The summed E-state index contributed by atoms with van der Waals surface area (Å²) in [6.45, 7) is 2.26. The number of aromatic nitrogens is 1. The first kappa shape index (κ1) is 9.78. The highest BCUT2D eigenvalue weighted by atomic mass is 35.5. The SMILES string of the molecule is CC1(Nc2ccc(Cl)cn2)CCCC1. The maximum atomic E-state index is 5.77. The summed E-state index contributed by atoms with van der Waals surface area (Å²) in [6, 6.07) is 3.81. The van der Waals surface area contributed by atoms with Crippen LogP contribution in [0.2, 0.25) is 5.02 Å². The fourth-order valence-electron chi connectivity index (χ4n) is 2.04. The van der Waals surface area contributed by atoms with Gasteiger partial charge in [0.15, 0.2) is 0 Å². The number of anilines is 1. The van der Waals surface area contributed by atoms with Crippen molar-refractivity contribution >= 4 is 17.4 Å². The molecule has 1 aliphatic rings. The van der Waals surface area contributed by atoms with E-state index >= 15 is 0 Å². The highest BCUT2D eigenvalue weighted by Crippen LogP contribution is 2.31. The summed E-state index contributed by atoms with van der Waals surface area (Å²) < 4.78 is 0. The zero-order valence-corrected chi connectivity index (χ0v) is 9.14. The first-order valence-corrected chi connectivity index (χ1v) is 5.46. The van der Waals surface area contributed by atoms with E-state index in [2.05, 4.69) is 17.2 Å². The minimum atomic E-state index is 0.237. The van der Waals surface area contributed by atoms with Gasteiger partial charge in [0.1, 0.15) is 5.82 Å². The molecule has 14 heavy (non-hydrogen) atoms. The number of nitrogens with zero attached hydrogens (tertiary/aromatic N) is 1. The second-order valence-corrected chi connectivity index (χ2v) is 4.69. The average molecular weight is 211 g/mol. The van der Waals surface area contributed by atoms with E-state index in [9.17, 15) is 0 Å². The van der Waals surface area contributed by atoms with Crippen LogP contribution in [0.25, 0.3) is 0 Å². The van der Waals surface area contributed by atoms with Gasteiger partial charge >= 0.3 is 0 Å². The van der Waals surface area contributed by atoms with Gasteiger partial charge in [-0.05, 0) is 31.9 Å². The summed E-state index contributed by atoms with van der Waals surface area (Å²) in [5.74, 6) is 0.929. The van der Waals surface area contributed by atoms with E-state index < -0.39 is 0 Å². The number of halogens is 1. The van der Waals surface area contributed by atoms with Crippen molar-refractivity contribution in [1.29, 1.82) is 0 Å². The Kier molecular flexibility index (Phi) is 2.64. The number of hydrogen-bond donors (Lipinski definition) is 1. The molecule has 2 rings (SSSR count). The van der Waals surface area contributed by atoms with Crippen LogP contribution in [0, 0.1) is 0 Å². The molecule has 3 heteroatoms. The van der Waals surface area contributed by atoms with E-state index in [0.29, 0.717) is 5.02 Å². The lowest BCUT2D eigenvalue weighted by molar-refractivity contribution is 0.531. The Morgan fingerprint density at radius 3 is 2.64 bits per heavy atom. The molecule has 0 radical (unpaired) electrons. The molecule has 0 bridgehead atoms. The van der Waals surface area contributed by atoms with Gasteiger partial charge in [0.2, 0.25) is 0 Å². The molecular weight excluding hydrogens is 196 g/mol. The number of rotatable bonds is 2. The third-order valence-corrected chi connectivity index (χ3v) is 3.09. The Morgan fingerprint density at radius 2 is 2.07 bits per heavy atom. The maximum absolute atomic E-state index is 5.77. The minimum absolute atomic E-state index is 0.237. The van der Waals surface area contributed by atoms with Gasteiger partial charge in [-0.3, -0.25) is 0 Å². The van der Waals surface area contributed by atoms with Crippen molar-refractivity contribution < 1.29 is 0 Å². The van der Waals surface area contributed by atoms with Gasteiger partial charge in [-0.15, -0.1) is 0 Å². The Labute approximate surface area is 89.7 Å². The molecule has 0 atom stereocenters. The van der Waals surface area contributed by atoms with Crippen molar-refractivity contribution in [2.45, 2.75) is 38.1 Å². The van der Waals surface area contributed by atoms with Crippen LogP contribution >= 0.6 is 11.6 Å². The maximum Gasteiger partial charge on any atom is 0.126 e. The van der Waals surface area contributed by atoms with Gasteiger partial charge in [0.05, 0.1) is 5.02 Å². The summed E-state index contributed by atoms with van der Waals surface area (Å²) in [5, 5.41) is 4.16. The Balaban J connectivity index is 2.06. The Bertz CT molecular complexity index is 302. The Hall–Kier alpha value is -0.760. The molecule has 1 aliphatic carbocycles. The van der Waals surface area contributed by atoms with E-state index in [1.807, 2.05) is 12.1 Å². The van der Waals surface area contributed by atoms with Crippen LogP contribution in [0.1, 0.15) is 32.6 Å². The number of pyridine rings is 1. The first-order chi connectivity index (χ1) is 6.68. The highest BCUT2D eigenvalue weighted by molar-refractivity contribution is 6.30. The molecule has 0 aliphatic heterocycles. The molecule has 0 spiro atoms. The van der Waals surface area contributed by atoms with Crippen LogP contribution in [0.4, 0.5) is 5.82 Å². The van der Waals surface area contributed by atoms with Crippen LogP contribution in [-0.2, 0) is 0 Å². The van der Waals surface area contributed by atoms with Gasteiger partial charge in [-0.1, -0.05) is 24.4 Å². The van der Waals surface area contributed by atoms with Gasteiger partial charge in [-0.25, -0.2) is 4.98 Å². The number of nitrogens with one attached hydrogen (secondary N) is 1. The molecule has 76 valence electrons. The molecule has 1 aromatic rings. The molecule has 1 aromatic heterocycles. The van der Waals surface area contributed by atoms with Gasteiger partial charge < -0.3 is 5.32 Å². The van der Waals surface area contributed by atoms with Crippen molar-refractivity contribution in [1.82, 2.24) is 4.98 Å². The smallest absolute Gasteiger partial charge is 0.126 e. The van der Waals surface area contributed by atoms with E-state index in [1.165, 1.54) is 25.7 Å². The van der Waals surface area contributed by atoms with Gasteiger partial charge in [-0.2, -0.15) is 0 Å². The first-order valence-electron chi connectivity index (χ1n) is 5.08. The summed E-state index contributed by atoms with van der Waals surface area (Å²) in [4.78, 5) is 4.24. The van der Waals surface area contributed by atoms with Gasteiger partial charge in [0, 0.05) is 11.7 Å². The van der Waals surface area contributed by atoms with Crippen LogP contribution < -0.4 is 5.32 Å². The third kappa shape index (κ3) is 2.18. The summed E-state index contributed by atoms with van der Waals surface area (Å²) in [5.41, 5.74) is 0.237. The second kappa shape index (κ2) is 3.77. The molecule has 1 saturated carbocycles. The summed E-state index contributed by atoms with van der Waals surface area (Å²) in [7, 11) is 0. The number of hydrogen-bond acceptors (Lipinski definition) is 2. The van der Waals surface area contributed by atoms with Crippen LogP contribution in [0.15, 0.2) is 18.3 Å². The topological polar surface area (TPSA) is 24.9 Å². The van der Waals surface area contributed by atoms with Crippen LogP contribution in [0.3, 0.4) is 0 Å². The van der Waals surface area contributed by atoms with Crippen LogP contribution in [0.5, 0.6) is 0 Å². The van der Waals surface area contributed by atoms with Crippen molar-refractivity contribution in [2.75, 3.05) is 5.32 Å². The Morgan fingerprint density at radius 1 is 1.36 bits per heavy atom. The average Bonchev–Trinajstić information content (AvgIpc) is 2.57. The molecule has 1 N–H and O–H groups in total. The molecule has 1 fully saturated rings. The standard InChI is InChI=1S/C11H15ClN2/c1-11(6-2-3-7-11)14-10-5-4-9(12)8-13-10/h4-5,8H,2-3,6-7H2,1H3,(H,13,14). The molecule has 0 amide bonds. The van der Waals surface area contributed by atoms with E-state index in [4.69, 9.17) is 11.6 Å². The lowest BCUT2D eigenvalue weighted by Crippen LogP contribution is -2.31. The summed E-state index contributed by atoms with van der Waals surface area (Å²) in [6.07, 6.45) is 6.78. The van der Waals surface area contributed by atoms with Crippen molar-refractivity contribution in [3.63, 3.8) is 0 Å². The zero-order chi connectivity index (χ0) is 10.0. The molecule has 2 nitrogen and oxygen atoms in total. The fraction of sp³-hybridized carbons (Fsp3) is 0.545. The van der Waals surface area contributed by atoms with E-state index in [-0.39, 0.29) is 5.54 Å². The fourth-order valence-corrected chi connectivity index (χ4v) is 2.15. The van der Waals surface area contributed by atoms with Crippen molar-refractivity contribution in [2.24, 2.45) is 0 Å². The predicted molar refractivity (Wildman–Crippen MR) is 59.7 cm³/mol. The molecule has 0 unspecified atom stereocenters. The van der Waals surface area contributed by atoms with E-state index in [0.717, 1.165) is 5.82 Å². The lowest BCUT2D eigenvalue weighted by atomic mass is 10.0. The van der Waals surface area contributed by atoms with Crippen molar-refractivity contribution in [3.8, 4) is 0 Å². The summed E-state index contributed by atoms with van der Waals surface area (Å²) >= 11 is 5.77. The largest absolute Gasteiger partial charge is 0.365 e. The minimum Gasteiger partial charge on any atom is -0.365 e. The second-order valence-electron chi connectivity index (χ2n) is 4.25. The predicted octanol–water partition coefficient (Wildman–Crippen LogP) is 3.48. The highest BCUT2D eigenvalue weighted by Gasteiger charge is 2.28. The zero-order valence-electron chi connectivity index (χ0n) is 8.39. The van der Waals surface area contributed by atoms with Gasteiger partial charge in [0.25, 0.3) is 0 Å². The monoisotopic (exact) mass is 210 g/mol. The third-order valence-electron chi connectivity index (χ3n) is 2.86. The van der Waals surface area contributed by atoms with Crippen molar-refractivity contribution in [3.05, 3.63) is 23.4 Å². The molecule has 1 heterocycles. The van der Waals surface area contributed by atoms with E-state index in [1.54, 1.807) is 6.20 Å². The van der Waals surface area contributed by atoms with Crippen LogP contribution in [-0.4, -0.2) is 10.5 Å². The molecule has 0 saturated heterocycles.